The molecule has 2 aromatic rings. The molecule has 5 nitrogen and oxygen atoms in total. The maximum absolute atomic E-state index is 12.1. The van der Waals surface area contributed by atoms with Gasteiger partial charge in [-0.3, -0.25) is 4.79 Å². The Balaban J connectivity index is 2.26. The van der Waals surface area contributed by atoms with Gasteiger partial charge in [-0.05, 0) is 24.6 Å². The molecule has 0 aliphatic rings. The Kier molecular flexibility index (Phi) is 4.08. The number of rotatable bonds is 3. The second-order valence-electron chi connectivity index (χ2n) is 4.11. The van der Waals surface area contributed by atoms with E-state index in [4.69, 9.17) is 28.3 Å². The summed E-state index contributed by atoms with van der Waals surface area (Å²) >= 11 is 12.7. The van der Waals surface area contributed by atoms with E-state index in [0.717, 1.165) is 11.3 Å². The van der Waals surface area contributed by atoms with Crippen LogP contribution in [0.4, 0.5) is 5.00 Å². The van der Waals surface area contributed by atoms with E-state index >= 15 is 0 Å². The number of carboxylic acids is 1. The summed E-state index contributed by atoms with van der Waals surface area (Å²) in [6.45, 7) is 1.67. The van der Waals surface area contributed by atoms with Gasteiger partial charge in [0.05, 0.1) is 10.0 Å². The minimum atomic E-state index is -1.02. The van der Waals surface area contributed by atoms with Crippen molar-refractivity contribution in [2.45, 2.75) is 6.92 Å². The largest absolute Gasteiger partial charge is 0.477 e. The molecule has 0 fully saturated rings. The third kappa shape index (κ3) is 2.67. The number of hydrogen-bond acceptors (Lipinski definition) is 3. The number of hydrogen-bond donors (Lipinski definition) is 2. The third-order valence-corrected chi connectivity index (χ3v) is 4.68. The van der Waals surface area contributed by atoms with Crippen LogP contribution in [-0.2, 0) is 7.05 Å². The number of aryl methyl sites for hydroxylation is 1. The number of nitrogens with one attached hydrogen (secondary N) is 1. The van der Waals surface area contributed by atoms with Crippen molar-refractivity contribution in [1.29, 1.82) is 0 Å². The van der Waals surface area contributed by atoms with Crippen molar-refractivity contribution in [3.8, 4) is 0 Å². The van der Waals surface area contributed by atoms with E-state index in [1.165, 1.54) is 10.6 Å². The zero-order valence-electron chi connectivity index (χ0n) is 10.5. The Morgan fingerprint density at radius 3 is 2.45 bits per heavy atom. The number of aromatic carboxylic acids is 1. The van der Waals surface area contributed by atoms with E-state index in [9.17, 15) is 9.59 Å². The summed E-state index contributed by atoms with van der Waals surface area (Å²) in [6.07, 6.45) is 0. The standard InChI is InChI=1S/C12H10Cl2N2O3S/c1-5-3-8(20-9(5)12(18)19)15-11(17)7-4-6(13)10(14)16(7)2/h3-4H,1-2H3,(H,15,17)(H,18,19). The van der Waals surface area contributed by atoms with Crippen LogP contribution >= 0.6 is 34.5 Å². The van der Waals surface area contributed by atoms with Gasteiger partial charge in [0.15, 0.2) is 0 Å². The average molecular weight is 333 g/mol. The van der Waals surface area contributed by atoms with E-state index in [0.29, 0.717) is 16.3 Å². The fraction of sp³-hybridized carbons (Fsp3) is 0.167. The highest BCUT2D eigenvalue weighted by molar-refractivity contribution is 7.18. The summed E-state index contributed by atoms with van der Waals surface area (Å²) in [5.41, 5.74) is 0.892. The van der Waals surface area contributed by atoms with Gasteiger partial charge in [0, 0.05) is 7.05 Å². The zero-order chi connectivity index (χ0) is 15.0. The molecule has 0 aromatic carbocycles. The number of amides is 1. The molecule has 20 heavy (non-hydrogen) atoms. The molecule has 8 heteroatoms. The van der Waals surface area contributed by atoms with Gasteiger partial charge in [0.25, 0.3) is 5.91 Å². The van der Waals surface area contributed by atoms with Gasteiger partial charge in [-0.2, -0.15) is 0 Å². The lowest BCUT2D eigenvalue weighted by Crippen LogP contribution is -2.14. The summed E-state index contributed by atoms with van der Waals surface area (Å²) in [5, 5.41) is 12.6. The maximum Gasteiger partial charge on any atom is 0.346 e. The summed E-state index contributed by atoms with van der Waals surface area (Å²) in [7, 11) is 1.62. The lowest BCUT2D eigenvalue weighted by Gasteiger charge is -2.04. The predicted molar refractivity (Wildman–Crippen MR) is 79.4 cm³/mol. The smallest absolute Gasteiger partial charge is 0.346 e. The second kappa shape index (κ2) is 5.47. The Bertz CT molecular complexity index is 706. The molecule has 0 spiro atoms. The number of carbonyl (C=O) groups excluding carboxylic acids is 1. The monoisotopic (exact) mass is 332 g/mol. The highest BCUT2D eigenvalue weighted by Gasteiger charge is 2.18. The fourth-order valence-corrected chi connectivity index (χ4v) is 2.97. The molecule has 0 unspecified atom stereocenters. The molecule has 0 saturated heterocycles. The van der Waals surface area contributed by atoms with Crippen LogP contribution in [0.15, 0.2) is 12.1 Å². The van der Waals surface area contributed by atoms with Crippen molar-refractivity contribution < 1.29 is 14.7 Å². The maximum atomic E-state index is 12.1. The van der Waals surface area contributed by atoms with E-state index in [1.807, 2.05) is 0 Å². The number of aromatic nitrogens is 1. The number of nitrogens with zero attached hydrogens (tertiary/aromatic N) is 1. The minimum absolute atomic E-state index is 0.197. The normalized spacial score (nSPS) is 10.6. The molecule has 0 atom stereocenters. The highest BCUT2D eigenvalue weighted by Crippen LogP contribution is 2.29. The highest BCUT2D eigenvalue weighted by atomic mass is 35.5. The lowest BCUT2D eigenvalue weighted by atomic mass is 10.3. The molecule has 0 aliphatic heterocycles. The van der Waals surface area contributed by atoms with Crippen LogP contribution in [0.3, 0.4) is 0 Å². The number of anilines is 1. The van der Waals surface area contributed by atoms with Crippen molar-refractivity contribution in [2.75, 3.05) is 5.32 Å². The quantitative estimate of drug-likeness (QED) is 0.901. The van der Waals surface area contributed by atoms with E-state index in [1.54, 1.807) is 20.0 Å². The summed E-state index contributed by atoms with van der Waals surface area (Å²) < 4.78 is 1.46. The van der Waals surface area contributed by atoms with Crippen molar-refractivity contribution in [3.05, 3.63) is 38.4 Å². The number of thiophene rings is 1. The van der Waals surface area contributed by atoms with Gasteiger partial charge in [-0.15, -0.1) is 11.3 Å². The first-order chi connectivity index (χ1) is 9.31. The van der Waals surface area contributed by atoms with Crippen LogP contribution in [-0.4, -0.2) is 21.6 Å². The predicted octanol–water partition coefficient (Wildman–Crippen LogP) is 3.65. The molecule has 2 rings (SSSR count). The number of carbonyl (C=O) groups is 2. The third-order valence-electron chi connectivity index (χ3n) is 2.70. The molecule has 2 N–H and O–H groups in total. The van der Waals surface area contributed by atoms with E-state index in [2.05, 4.69) is 5.32 Å². The summed E-state index contributed by atoms with van der Waals surface area (Å²) in [5.74, 6) is -1.42. The topological polar surface area (TPSA) is 71.3 Å². The molecule has 0 saturated carbocycles. The molecule has 0 radical (unpaired) electrons. The van der Waals surface area contributed by atoms with Crippen LogP contribution in [0.1, 0.15) is 25.7 Å². The van der Waals surface area contributed by atoms with Crippen LogP contribution in [0.2, 0.25) is 10.2 Å². The van der Waals surface area contributed by atoms with Gasteiger partial charge in [-0.1, -0.05) is 23.2 Å². The molecular weight excluding hydrogens is 323 g/mol. The van der Waals surface area contributed by atoms with Crippen LogP contribution in [0.5, 0.6) is 0 Å². The Morgan fingerprint density at radius 2 is 2.00 bits per heavy atom. The van der Waals surface area contributed by atoms with E-state index < -0.39 is 11.9 Å². The molecule has 2 aromatic heterocycles. The van der Waals surface area contributed by atoms with E-state index in [-0.39, 0.29) is 15.1 Å². The Hall–Kier alpha value is -1.50. The fourth-order valence-electron chi connectivity index (χ4n) is 1.69. The first-order valence-electron chi connectivity index (χ1n) is 5.47. The SMILES string of the molecule is Cc1cc(NC(=O)c2cc(Cl)c(Cl)n2C)sc1C(=O)O. The van der Waals surface area contributed by atoms with Crippen molar-refractivity contribution in [3.63, 3.8) is 0 Å². The van der Waals surface area contributed by atoms with Gasteiger partial charge in [-0.25, -0.2) is 4.79 Å². The zero-order valence-corrected chi connectivity index (χ0v) is 12.9. The van der Waals surface area contributed by atoms with Crippen LogP contribution in [0.25, 0.3) is 0 Å². The van der Waals surface area contributed by atoms with Crippen molar-refractivity contribution >= 4 is 51.4 Å². The van der Waals surface area contributed by atoms with Gasteiger partial charge in [0.1, 0.15) is 15.7 Å². The lowest BCUT2D eigenvalue weighted by molar-refractivity contribution is 0.0701. The Labute approximate surface area is 128 Å². The number of halogens is 2. The first-order valence-corrected chi connectivity index (χ1v) is 7.04. The second-order valence-corrected chi connectivity index (χ2v) is 5.93. The molecule has 0 aliphatic carbocycles. The molecule has 106 valence electrons. The Morgan fingerprint density at radius 1 is 1.35 bits per heavy atom. The van der Waals surface area contributed by atoms with Gasteiger partial charge in [0.2, 0.25) is 0 Å². The van der Waals surface area contributed by atoms with Crippen molar-refractivity contribution in [2.24, 2.45) is 7.05 Å². The molecule has 2 heterocycles. The van der Waals surface area contributed by atoms with Gasteiger partial charge >= 0.3 is 5.97 Å². The first kappa shape index (κ1) is 14.9. The minimum Gasteiger partial charge on any atom is -0.477 e. The van der Waals surface area contributed by atoms with Crippen LogP contribution in [0, 0.1) is 6.92 Å². The number of carboxylic acid groups (broad SMARTS) is 1. The van der Waals surface area contributed by atoms with Crippen molar-refractivity contribution in [1.82, 2.24) is 4.57 Å². The summed E-state index contributed by atoms with van der Waals surface area (Å²) in [4.78, 5) is 23.3. The molecule has 0 bridgehead atoms. The van der Waals surface area contributed by atoms with Gasteiger partial charge < -0.3 is 15.0 Å². The molecular formula is C12H10Cl2N2O3S. The molecule has 1 amide bonds. The average Bonchev–Trinajstić information content (AvgIpc) is 2.85. The van der Waals surface area contributed by atoms with Crippen LogP contribution < -0.4 is 5.32 Å². The summed E-state index contributed by atoms with van der Waals surface area (Å²) in [6, 6.07) is 3.07.